The Labute approximate surface area is 152 Å². The lowest BCUT2D eigenvalue weighted by Gasteiger charge is -2.11. The Morgan fingerprint density at radius 2 is 1.92 bits per heavy atom. The van der Waals surface area contributed by atoms with E-state index in [1.54, 1.807) is 30.5 Å². The fraction of sp³-hybridized carbons (Fsp3) is 0. The SMILES string of the molecule is O=C(Nc1cnccc1Oc1ccccc1)c1cc2c(F)cccc2s1. The number of fused-ring (bicyclic) bond motifs is 1. The summed E-state index contributed by atoms with van der Waals surface area (Å²) in [4.78, 5) is 17.0. The van der Waals surface area contributed by atoms with Gasteiger partial charge in [-0.15, -0.1) is 11.3 Å². The Balaban J connectivity index is 1.60. The summed E-state index contributed by atoms with van der Waals surface area (Å²) in [6.07, 6.45) is 3.10. The summed E-state index contributed by atoms with van der Waals surface area (Å²) in [7, 11) is 0. The number of rotatable bonds is 4. The van der Waals surface area contributed by atoms with Gasteiger partial charge in [0.05, 0.1) is 11.1 Å². The molecule has 4 nitrogen and oxygen atoms in total. The number of hydrogen-bond donors (Lipinski definition) is 1. The standard InChI is InChI=1S/C20H13FN2O2S/c21-15-7-4-8-18-14(15)11-19(26-18)20(24)23-16-12-22-10-9-17(16)25-13-5-2-1-3-6-13/h1-12H,(H,23,24). The van der Waals surface area contributed by atoms with Gasteiger partial charge in [0.25, 0.3) is 5.91 Å². The molecule has 0 aliphatic heterocycles. The summed E-state index contributed by atoms with van der Waals surface area (Å²) in [5.41, 5.74) is 0.444. The lowest BCUT2D eigenvalue weighted by molar-refractivity contribution is 0.103. The number of ether oxygens (including phenoxy) is 1. The summed E-state index contributed by atoms with van der Waals surface area (Å²) < 4.78 is 20.4. The average molecular weight is 364 g/mol. The van der Waals surface area contributed by atoms with Gasteiger partial charge in [-0.05, 0) is 30.3 Å². The number of hydrogen-bond acceptors (Lipinski definition) is 4. The van der Waals surface area contributed by atoms with Gasteiger partial charge in [0.2, 0.25) is 0 Å². The van der Waals surface area contributed by atoms with Gasteiger partial charge < -0.3 is 10.1 Å². The fourth-order valence-corrected chi connectivity index (χ4v) is 3.47. The molecule has 0 aliphatic carbocycles. The number of carbonyl (C=O) groups is 1. The Kier molecular flexibility index (Phi) is 4.33. The molecule has 0 bridgehead atoms. The smallest absolute Gasteiger partial charge is 0.265 e. The molecule has 0 radical (unpaired) electrons. The van der Waals surface area contributed by atoms with E-state index in [1.165, 1.54) is 23.6 Å². The van der Waals surface area contributed by atoms with Gasteiger partial charge in [-0.2, -0.15) is 0 Å². The van der Waals surface area contributed by atoms with E-state index in [0.29, 0.717) is 27.4 Å². The number of aromatic nitrogens is 1. The minimum atomic E-state index is -0.340. The van der Waals surface area contributed by atoms with Gasteiger partial charge in [-0.3, -0.25) is 9.78 Å². The monoisotopic (exact) mass is 364 g/mol. The molecule has 2 aromatic carbocycles. The van der Waals surface area contributed by atoms with E-state index in [4.69, 9.17) is 4.74 Å². The van der Waals surface area contributed by atoms with Crippen LogP contribution in [-0.4, -0.2) is 10.9 Å². The molecular weight excluding hydrogens is 351 g/mol. The van der Waals surface area contributed by atoms with E-state index in [0.717, 1.165) is 4.70 Å². The lowest BCUT2D eigenvalue weighted by Crippen LogP contribution is -2.11. The number of halogens is 1. The molecule has 26 heavy (non-hydrogen) atoms. The van der Waals surface area contributed by atoms with Crippen molar-refractivity contribution in [3.05, 3.63) is 83.8 Å². The summed E-state index contributed by atoms with van der Waals surface area (Å²) in [6, 6.07) is 17.3. The van der Waals surface area contributed by atoms with Crippen molar-refractivity contribution in [3.63, 3.8) is 0 Å². The number of para-hydroxylation sites is 1. The zero-order valence-corrected chi connectivity index (χ0v) is 14.3. The topological polar surface area (TPSA) is 51.2 Å². The van der Waals surface area contributed by atoms with Gasteiger partial charge in [-0.25, -0.2) is 4.39 Å². The highest BCUT2D eigenvalue weighted by atomic mass is 32.1. The fourth-order valence-electron chi connectivity index (χ4n) is 2.50. The first-order valence-electron chi connectivity index (χ1n) is 7.87. The second-order valence-corrected chi connectivity index (χ2v) is 6.59. The van der Waals surface area contributed by atoms with Gasteiger partial charge in [-0.1, -0.05) is 24.3 Å². The summed E-state index contributed by atoms with van der Waals surface area (Å²) in [6.45, 7) is 0. The van der Waals surface area contributed by atoms with E-state index in [1.807, 2.05) is 30.3 Å². The highest BCUT2D eigenvalue weighted by molar-refractivity contribution is 7.20. The van der Waals surface area contributed by atoms with Crippen LogP contribution in [0.15, 0.2) is 73.1 Å². The number of amides is 1. The predicted octanol–water partition coefficient (Wildman–Crippen LogP) is 5.48. The number of anilines is 1. The number of benzene rings is 2. The van der Waals surface area contributed by atoms with Crippen LogP contribution < -0.4 is 10.1 Å². The van der Waals surface area contributed by atoms with Crippen molar-refractivity contribution >= 4 is 33.0 Å². The minimum absolute atomic E-state index is 0.337. The van der Waals surface area contributed by atoms with Gasteiger partial charge >= 0.3 is 0 Å². The molecule has 1 N–H and O–H groups in total. The Hall–Kier alpha value is -3.25. The van der Waals surface area contributed by atoms with Crippen LogP contribution in [0.2, 0.25) is 0 Å². The van der Waals surface area contributed by atoms with Gasteiger partial charge in [0, 0.05) is 22.3 Å². The number of nitrogens with zero attached hydrogens (tertiary/aromatic N) is 1. The molecule has 0 atom stereocenters. The third-order valence-corrected chi connectivity index (χ3v) is 4.83. The molecule has 0 aliphatic rings. The Morgan fingerprint density at radius 1 is 1.08 bits per heavy atom. The average Bonchev–Trinajstić information content (AvgIpc) is 3.10. The zero-order chi connectivity index (χ0) is 17.9. The summed E-state index contributed by atoms with van der Waals surface area (Å²) in [5.74, 6) is 0.453. The molecule has 0 saturated heterocycles. The molecule has 0 spiro atoms. The van der Waals surface area contributed by atoms with Gasteiger partial charge in [0.15, 0.2) is 5.75 Å². The number of thiophene rings is 1. The van der Waals surface area contributed by atoms with Crippen LogP contribution in [0.1, 0.15) is 9.67 Å². The van der Waals surface area contributed by atoms with Gasteiger partial charge in [0.1, 0.15) is 17.3 Å². The van der Waals surface area contributed by atoms with Crippen LogP contribution in [0, 0.1) is 5.82 Å². The maximum Gasteiger partial charge on any atom is 0.265 e. The molecule has 0 fully saturated rings. The van der Waals surface area contributed by atoms with Crippen molar-refractivity contribution in [2.75, 3.05) is 5.32 Å². The van der Waals surface area contributed by atoms with Crippen LogP contribution in [0.3, 0.4) is 0 Å². The van der Waals surface area contributed by atoms with E-state index in [9.17, 15) is 9.18 Å². The molecule has 4 rings (SSSR count). The molecular formula is C20H13FN2O2S. The first kappa shape index (κ1) is 16.2. The normalized spacial score (nSPS) is 10.7. The van der Waals surface area contributed by atoms with Crippen molar-refractivity contribution in [2.24, 2.45) is 0 Å². The van der Waals surface area contributed by atoms with Crippen LogP contribution in [0.25, 0.3) is 10.1 Å². The third-order valence-electron chi connectivity index (χ3n) is 3.73. The predicted molar refractivity (Wildman–Crippen MR) is 100 cm³/mol. The second kappa shape index (κ2) is 6.93. The van der Waals surface area contributed by atoms with Crippen LogP contribution in [-0.2, 0) is 0 Å². The van der Waals surface area contributed by atoms with Crippen molar-refractivity contribution in [2.45, 2.75) is 0 Å². The molecule has 1 amide bonds. The molecule has 0 unspecified atom stereocenters. The highest BCUT2D eigenvalue weighted by Crippen LogP contribution is 2.31. The summed E-state index contributed by atoms with van der Waals surface area (Å²) in [5, 5.41) is 3.23. The quantitative estimate of drug-likeness (QED) is 0.522. The number of nitrogens with one attached hydrogen (secondary N) is 1. The first-order chi connectivity index (χ1) is 12.7. The number of pyridine rings is 1. The van der Waals surface area contributed by atoms with Crippen LogP contribution in [0.5, 0.6) is 11.5 Å². The summed E-state index contributed by atoms with van der Waals surface area (Å²) >= 11 is 1.24. The molecule has 128 valence electrons. The first-order valence-corrected chi connectivity index (χ1v) is 8.69. The third kappa shape index (κ3) is 3.27. The van der Waals surface area contributed by atoms with Crippen molar-refractivity contribution < 1.29 is 13.9 Å². The van der Waals surface area contributed by atoms with E-state index >= 15 is 0 Å². The van der Waals surface area contributed by atoms with Crippen molar-refractivity contribution in [1.29, 1.82) is 0 Å². The molecule has 6 heteroatoms. The molecule has 0 saturated carbocycles. The Morgan fingerprint density at radius 3 is 2.73 bits per heavy atom. The van der Waals surface area contributed by atoms with E-state index < -0.39 is 0 Å². The van der Waals surface area contributed by atoms with Crippen LogP contribution >= 0.6 is 11.3 Å². The highest BCUT2D eigenvalue weighted by Gasteiger charge is 2.15. The van der Waals surface area contributed by atoms with Crippen molar-refractivity contribution in [1.82, 2.24) is 4.98 Å². The minimum Gasteiger partial charge on any atom is -0.455 e. The second-order valence-electron chi connectivity index (χ2n) is 5.50. The maximum atomic E-state index is 13.8. The van der Waals surface area contributed by atoms with Crippen LogP contribution in [0.4, 0.5) is 10.1 Å². The Bertz CT molecular complexity index is 1080. The molecule has 2 heterocycles. The zero-order valence-electron chi connectivity index (χ0n) is 13.5. The lowest BCUT2D eigenvalue weighted by atomic mass is 10.2. The number of carbonyl (C=O) groups excluding carboxylic acids is 1. The maximum absolute atomic E-state index is 13.8. The largest absolute Gasteiger partial charge is 0.455 e. The molecule has 2 aromatic heterocycles. The molecule has 4 aromatic rings. The van der Waals surface area contributed by atoms with E-state index in [-0.39, 0.29) is 11.7 Å². The van der Waals surface area contributed by atoms with Crippen molar-refractivity contribution in [3.8, 4) is 11.5 Å². The van der Waals surface area contributed by atoms with E-state index in [2.05, 4.69) is 10.3 Å².